The molecule has 1 atom stereocenters. The van der Waals surface area contributed by atoms with Crippen molar-refractivity contribution in [3.05, 3.63) is 36.1 Å². The first-order valence-electron chi connectivity index (χ1n) is 5.23. The van der Waals surface area contributed by atoms with Gasteiger partial charge in [-0.1, -0.05) is 6.07 Å². The van der Waals surface area contributed by atoms with Gasteiger partial charge in [0.05, 0.1) is 19.0 Å². The minimum Gasteiger partial charge on any atom is -0.464 e. The molecule has 0 bridgehead atoms. The average Bonchev–Trinajstić information content (AvgIpc) is 2.77. The van der Waals surface area contributed by atoms with Gasteiger partial charge >= 0.3 is 0 Å². The fourth-order valence-corrected chi connectivity index (χ4v) is 1.96. The fraction of sp³-hybridized carbons (Fsp3) is 0.333. The number of benzene rings is 1. The Hall–Kier alpha value is -1.32. The maximum absolute atomic E-state index is 5.70. The van der Waals surface area contributed by atoms with Crippen LogP contribution in [0.2, 0.25) is 0 Å². The summed E-state index contributed by atoms with van der Waals surface area (Å²) in [7, 11) is 0. The molecule has 3 heteroatoms. The topological polar surface area (TPSA) is 34.4 Å². The van der Waals surface area contributed by atoms with Crippen molar-refractivity contribution >= 4 is 11.0 Å². The van der Waals surface area contributed by atoms with Crippen LogP contribution >= 0.6 is 0 Å². The Morgan fingerprint density at radius 1 is 1.27 bits per heavy atom. The van der Waals surface area contributed by atoms with Gasteiger partial charge in [-0.15, -0.1) is 0 Å². The SMILES string of the molecule is c1cc2cc(C3CNCCO3)ccc2o1. The first-order valence-corrected chi connectivity index (χ1v) is 5.23. The smallest absolute Gasteiger partial charge is 0.133 e. The van der Waals surface area contributed by atoms with Crippen LogP contribution in [0.1, 0.15) is 11.7 Å². The van der Waals surface area contributed by atoms with Gasteiger partial charge in [0, 0.05) is 18.5 Å². The third-order valence-corrected chi connectivity index (χ3v) is 2.78. The van der Waals surface area contributed by atoms with Gasteiger partial charge in [-0.2, -0.15) is 0 Å². The molecule has 0 saturated carbocycles. The molecule has 1 fully saturated rings. The van der Waals surface area contributed by atoms with Crippen molar-refractivity contribution in [2.24, 2.45) is 0 Å². The highest BCUT2D eigenvalue weighted by Gasteiger charge is 2.15. The Labute approximate surface area is 88.0 Å². The molecule has 15 heavy (non-hydrogen) atoms. The van der Waals surface area contributed by atoms with E-state index >= 15 is 0 Å². The molecule has 1 aliphatic rings. The molecule has 0 amide bonds. The summed E-state index contributed by atoms with van der Waals surface area (Å²) in [6.45, 7) is 2.63. The molecule has 2 aromatic rings. The van der Waals surface area contributed by atoms with Crippen molar-refractivity contribution in [3.8, 4) is 0 Å². The van der Waals surface area contributed by atoms with E-state index in [1.807, 2.05) is 12.1 Å². The van der Waals surface area contributed by atoms with E-state index in [1.165, 1.54) is 5.56 Å². The standard InChI is InChI=1S/C12H13NO2/c1-2-11-10(3-5-14-11)7-9(1)12-8-13-4-6-15-12/h1-3,5,7,12-13H,4,6,8H2. The van der Waals surface area contributed by atoms with E-state index in [4.69, 9.17) is 9.15 Å². The lowest BCUT2D eigenvalue weighted by Crippen LogP contribution is -2.33. The van der Waals surface area contributed by atoms with Gasteiger partial charge in [0.15, 0.2) is 0 Å². The summed E-state index contributed by atoms with van der Waals surface area (Å²) in [6, 6.07) is 8.19. The molecular formula is C12H13NO2. The lowest BCUT2D eigenvalue weighted by Gasteiger charge is -2.23. The fourth-order valence-electron chi connectivity index (χ4n) is 1.96. The maximum Gasteiger partial charge on any atom is 0.133 e. The van der Waals surface area contributed by atoms with E-state index in [9.17, 15) is 0 Å². The van der Waals surface area contributed by atoms with Crippen LogP contribution in [0.4, 0.5) is 0 Å². The number of fused-ring (bicyclic) bond motifs is 1. The predicted octanol–water partition coefficient (Wildman–Crippen LogP) is 2.09. The van der Waals surface area contributed by atoms with Crippen molar-refractivity contribution < 1.29 is 9.15 Å². The number of nitrogens with one attached hydrogen (secondary N) is 1. The number of hydrogen-bond donors (Lipinski definition) is 1. The molecule has 0 aliphatic carbocycles. The summed E-state index contributed by atoms with van der Waals surface area (Å²) in [6.07, 6.45) is 1.90. The van der Waals surface area contributed by atoms with Crippen LogP contribution in [-0.4, -0.2) is 19.7 Å². The number of rotatable bonds is 1. The molecule has 1 aliphatic heterocycles. The molecule has 2 heterocycles. The van der Waals surface area contributed by atoms with E-state index < -0.39 is 0 Å². The zero-order chi connectivity index (χ0) is 10.1. The molecule has 1 aromatic heterocycles. The Morgan fingerprint density at radius 2 is 2.27 bits per heavy atom. The highest BCUT2D eigenvalue weighted by Crippen LogP contribution is 2.24. The average molecular weight is 203 g/mol. The monoisotopic (exact) mass is 203 g/mol. The van der Waals surface area contributed by atoms with Gasteiger partial charge in [0.2, 0.25) is 0 Å². The van der Waals surface area contributed by atoms with Gasteiger partial charge in [0.25, 0.3) is 0 Å². The molecule has 0 spiro atoms. The lowest BCUT2D eigenvalue weighted by atomic mass is 10.1. The Kier molecular flexibility index (Phi) is 2.19. The predicted molar refractivity (Wildman–Crippen MR) is 57.8 cm³/mol. The number of hydrogen-bond acceptors (Lipinski definition) is 3. The highest BCUT2D eigenvalue weighted by atomic mass is 16.5. The summed E-state index contributed by atoms with van der Waals surface area (Å²) >= 11 is 0. The second-order valence-corrected chi connectivity index (χ2v) is 3.78. The normalized spacial score (nSPS) is 22.0. The van der Waals surface area contributed by atoms with Gasteiger partial charge in [-0.25, -0.2) is 0 Å². The third-order valence-electron chi connectivity index (χ3n) is 2.78. The number of ether oxygens (including phenoxy) is 1. The van der Waals surface area contributed by atoms with Crippen molar-refractivity contribution in [3.63, 3.8) is 0 Å². The summed E-state index contributed by atoms with van der Waals surface area (Å²) < 4.78 is 11.0. The molecule has 3 rings (SSSR count). The van der Waals surface area contributed by atoms with Crippen LogP contribution < -0.4 is 5.32 Å². The third kappa shape index (κ3) is 1.64. The Morgan fingerprint density at radius 3 is 3.13 bits per heavy atom. The quantitative estimate of drug-likeness (QED) is 0.770. The van der Waals surface area contributed by atoms with Crippen LogP contribution in [0.5, 0.6) is 0 Å². The minimum absolute atomic E-state index is 0.179. The summed E-state index contributed by atoms with van der Waals surface area (Å²) in [4.78, 5) is 0. The van der Waals surface area contributed by atoms with Gasteiger partial charge < -0.3 is 14.5 Å². The van der Waals surface area contributed by atoms with Crippen molar-refractivity contribution in [1.82, 2.24) is 5.32 Å². The largest absolute Gasteiger partial charge is 0.464 e. The maximum atomic E-state index is 5.70. The van der Waals surface area contributed by atoms with Crippen LogP contribution in [-0.2, 0) is 4.74 Å². The molecule has 1 unspecified atom stereocenters. The van der Waals surface area contributed by atoms with E-state index in [0.717, 1.165) is 30.7 Å². The van der Waals surface area contributed by atoms with E-state index in [1.54, 1.807) is 6.26 Å². The van der Waals surface area contributed by atoms with E-state index in [-0.39, 0.29) is 6.10 Å². The second kappa shape index (κ2) is 3.68. The molecule has 0 radical (unpaired) electrons. The molecule has 1 N–H and O–H groups in total. The van der Waals surface area contributed by atoms with Crippen LogP contribution in [0.3, 0.4) is 0 Å². The van der Waals surface area contributed by atoms with Gasteiger partial charge in [0.1, 0.15) is 5.58 Å². The summed E-state index contributed by atoms with van der Waals surface area (Å²) in [5.74, 6) is 0. The molecule has 1 saturated heterocycles. The van der Waals surface area contributed by atoms with Crippen molar-refractivity contribution in [2.75, 3.05) is 19.7 Å². The summed E-state index contributed by atoms with van der Waals surface area (Å²) in [5.41, 5.74) is 2.15. The molecule has 78 valence electrons. The number of furan rings is 1. The second-order valence-electron chi connectivity index (χ2n) is 3.78. The highest BCUT2D eigenvalue weighted by molar-refractivity contribution is 5.77. The van der Waals surface area contributed by atoms with E-state index in [2.05, 4.69) is 17.4 Å². The Balaban J connectivity index is 1.95. The molecule has 1 aromatic carbocycles. The molecular weight excluding hydrogens is 190 g/mol. The molecule has 3 nitrogen and oxygen atoms in total. The lowest BCUT2D eigenvalue weighted by molar-refractivity contribution is 0.0278. The zero-order valence-corrected chi connectivity index (χ0v) is 8.40. The van der Waals surface area contributed by atoms with Crippen molar-refractivity contribution in [2.45, 2.75) is 6.10 Å². The summed E-state index contributed by atoms with van der Waals surface area (Å²) in [5, 5.41) is 4.47. The van der Waals surface area contributed by atoms with Crippen molar-refractivity contribution in [1.29, 1.82) is 0 Å². The number of morpholine rings is 1. The Bertz CT molecular complexity index is 457. The van der Waals surface area contributed by atoms with E-state index in [0.29, 0.717) is 0 Å². The van der Waals surface area contributed by atoms with Gasteiger partial charge in [-0.05, 0) is 23.8 Å². The van der Waals surface area contributed by atoms with Crippen LogP contribution in [0.15, 0.2) is 34.9 Å². The van der Waals surface area contributed by atoms with Crippen LogP contribution in [0, 0.1) is 0 Å². The zero-order valence-electron chi connectivity index (χ0n) is 8.40. The minimum atomic E-state index is 0.179. The first-order chi connectivity index (χ1) is 7.43. The van der Waals surface area contributed by atoms with Gasteiger partial charge in [-0.3, -0.25) is 0 Å². The van der Waals surface area contributed by atoms with Crippen LogP contribution in [0.25, 0.3) is 11.0 Å². The first kappa shape index (κ1) is 8.95.